The lowest BCUT2D eigenvalue weighted by atomic mass is 9.61. The minimum atomic E-state index is -1.83. The quantitative estimate of drug-likeness (QED) is 0.0182. The summed E-state index contributed by atoms with van der Waals surface area (Å²) >= 11 is 0. The van der Waals surface area contributed by atoms with Gasteiger partial charge in [-0.1, -0.05) is 176 Å². The molecule has 0 unspecified atom stereocenters. The summed E-state index contributed by atoms with van der Waals surface area (Å²) in [6.07, 6.45) is -4.16. The van der Waals surface area contributed by atoms with Crippen LogP contribution in [0.3, 0.4) is 0 Å². The number of cyclic esters (lactones) is 4. The maximum absolute atomic E-state index is 13.8. The Balaban J connectivity index is 0.000000400. The van der Waals surface area contributed by atoms with Crippen LogP contribution in [-0.2, 0) is 100 Å². The van der Waals surface area contributed by atoms with E-state index < -0.39 is 201 Å². The number of ketones is 5. The van der Waals surface area contributed by atoms with Crippen LogP contribution in [0.2, 0.25) is 0 Å². The molecule has 0 spiro atoms. The highest BCUT2D eigenvalue weighted by molar-refractivity contribution is 6.02. The first-order chi connectivity index (χ1) is 66.1. The zero-order chi connectivity index (χ0) is 111. The minimum Gasteiger partial charge on any atom is -0.459 e. The molecule has 7 aliphatic rings. The van der Waals surface area contributed by atoms with Crippen LogP contribution in [0.4, 0.5) is 14.0 Å². The van der Waals surface area contributed by atoms with Crippen molar-refractivity contribution < 1.29 is 135 Å². The Morgan fingerprint density at radius 3 is 1.08 bits per heavy atom. The third kappa shape index (κ3) is 28.8. The zero-order valence-electron chi connectivity index (χ0n) is 95.6. The van der Waals surface area contributed by atoms with Crippen molar-refractivity contribution in [2.24, 2.45) is 150 Å². The number of methoxy groups -OCH3 is 4. The second-order valence-electron chi connectivity index (χ2n) is 47.1. The number of halogens is 1. The molecule has 7 heterocycles. The summed E-state index contributed by atoms with van der Waals surface area (Å²) in [7, 11) is 10.4. The summed E-state index contributed by atoms with van der Waals surface area (Å²) < 4.78 is 71.5. The van der Waals surface area contributed by atoms with Crippen molar-refractivity contribution in [3.8, 4) is 0 Å². The number of hydrogen-bond donors (Lipinski definition) is 5. The first-order valence-electron chi connectivity index (χ1n) is 52.6. The van der Waals surface area contributed by atoms with E-state index in [0.29, 0.717) is 76.2 Å². The normalized spacial score (nSPS) is 41.4. The number of carbonyl (C=O) groups excluding carboxylic acids is 11. The molecule has 0 radical (unpaired) electrons. The molecule has 144 heavy (non-hydrogen) atoms. The predicted molar refractivity (Wildman–Crippen MR) is 548 cm³/mol. The van der Waals surface area contributed by atoms with Gasteiger partial charge in [0.1, 0.15) is 107 Å². The molecule has 35 heteroatoms. The Kier molecular flexibility index (Phi) is 46.7. The van der Waals surface area contributed by atoms with E-state index >= 15 is 0 Å². The van der Waals surface area contributed by atoms with Crippen molar-refractivity contribution in [3.05, 3.63) is 0 Å². The number of fused-ring (bicyclic) bond motifs is 2. The van der Waals surface area contributed by atoms with Gasteiger partial charge in [-0.25, -0.2) is 20.4 Å². The van der Waals surface area contributed by atoms with Crippen molar-refractivity contribution in [3.63, 3.8) is 0 Å². The van der Waals surface area contributed by atoms with Gasteiger partial charge in [0.25, 0.3) is 0 Å². The number of rotatable bonds is 16. The van der Waals surface area contributed by atoms with Crippen LogP contribution in [0, 0.1) is 129 Å². The van der Waals surface area contributed by atoms with Crippen LogP contribution >= 0.6 is 0 Å². The van der Waals surface area contributed by atoms with Gasteiger partial charge < -0.3 is 82.4 Å². The fourth-order valence-corrected chi connectivity index (χ4v) is 25.2. The van der Waals surface area contributed by atoms with E-state index in [-0.39, 0.29) is 119 Å². The molecule has 34 nitrogen and oxygen atoms in total. The summed E-state index contributed by atoms with van der Waals surface area (Å²) in [5, 5.41) is 55.0. The summed E-state index contributed by atoms with van der Waals surface area (Å²) in [4.78, 5) is 166. The largest absolute Gasteiger partial charge is 0.459 e. The molecule has 830 valence electrons. The maximum atomic E-state index is 13.8. The van der Waals surface area contributed by atoms with Gasteiger partial charge in [0, 0.05) is 131 Å². The summed E-state index contributed by atoms with van der Waals surface area (Å²) in [6, 6.07) is -1.21. The Morgan fingerprint density at radius 1 is 0.431 bits per heavy atom. The number of nitrogens with two attached hydrogens (primary N) is 1. The molecular formula is C109H190FN7O27. The molecular weight excluding hydrogens is 1860 g/mol. The van der Waals surface area contributed by atoms with Crippen molar-refractivity contribution in [2.75, 3.05) is 82.1 Å². The van der Waals surface area contributed by atoms with E-state index in [1.165, 1.54) is 27.7 Å². The van der Waals surface area contributed by atoms with E-state index in [1.807, 2.05) is 130 Å². The fourth-order valence-electron chi connectivity index (χ4n) is 25.2. The van der Waals surface area contributed by atoms with E-state index in [1.54, 1.807) is 103 Å². The Bertz CT molecular complexity index is 4420. The molecule has 7 rings (SSSR count). The lowest BCUT2D eigenvalue weighted by Crippen LogP contribution is -2.59. The lowest BCUT2D eigenvalue weighted by molar-refractivity contribution is -0.187. The van der Waals surface area contributed by atoms with Gasteiger partial charge in [-0.05, 0) is 177 Å². The molecule has 0 aromatic carbocycles. The SMILES string of the molecule is CC[C@H]1OC(=O)[C@H](C)C(=O)[C@H](C)[C@@H](C(C)(C)C)[C@](C)(OC)C[C@@H](C)C(=O)[C@H](C)[C@H]2N(N)C(=O)O[C@]12C.CC[C@H]1OC(=O)[C@H](C)C(=O)[C@H](C)[C@@H](C(C)(C)C)[C@](C)(OC)C[C@@H](C)C2=NCCN3C(=O)O[C@@]1(C)[C@H]3[C@H]2C.CC[C@H]1OC(=O)[C@H](C)C(=O)[C@H](C)[C@@H](C)[C@](C)(OC)C[C@@H](C)C(=NOCCCF)[C@H](C)[C@@H](O)[C@]1(C)O.CC[C@H]1OC(=O)[C@H](C)C(=O)[C@H](C)[C@@H](C)[C@](C)(OC)C[C@@H](C)C(=NOCCN(C)C)[C@H](C)[C@@H](O)[C@]1(C)O. The number of amides is 2. The number of aliphatic imine (C=N–C) groups is 1. The zero-order valence-corrected chi connectivity index (χ0v) is 95.6. The highest BCUT2D eigenvalue weighted by Gasteiger charge is 2.64. The average Bonchev–Trinajstić information content (AvgIpc) is 1.58. The Labute approximate surface area is 860 Å². The molecule has 7 aliphatic heterocycles. The molecule has 2 bridgehead atoms. The third-order valence-corrected chi connectivity index (χ3v) is 34.1. The number of carbonyl (C=O) groups is 11. The standard InChI is InChI=1S/C29H48N2O6.C27H46N2O7.C27H50N2O7.C26H46FNO7/c1-12-20-29(10)24-17(3)21(30-13-14-31(24)26(34)37-29)16(2)15-28(9,35-11)23(27(6,7)8)18(4)22(32)19(5)25(33)36-20;1-12-18-27(10)22(29(28)24(33)36-27)16(4)19(30)14(2)13-26(9,34-11)21(25(6,7)8)15(3)20(31)17(5)23(32)35-18;1-12-21-27(8,33)24(31)18(4)22(28-35-14-13-29(9)10)16(2)15-26(7,34-11)20(6)17(3)23(30)19(5)25(32)36-21;1-10-20-26(8,32)23(30)17(4)21(28-34-13-11-12-27)15(2)14-25(7,33-9)19(6)16(3)22(29)18(5)24(31)35-20/h16-20,23-24H,12-15H2,1-11H3;14-18,21-22H,12-13,28H2,1-11H3;16-21,24,31,33H,12-15H2,1-11H3;15-20,23,30,32H,10-14H2,1-9H3/t16-,17+,18+,19-,20-,23+,24-,28-,29-;14-,15+,16+,17-,18-,21+,22-,26-,27-;16-,17-,18+,19-,20-,21-,24-,26-,27-;15-,16-,17+,18-,19-,20-,23-,25-,26-/m1111/s1. The average molecular weight is 2050 g/mol. The second kappa shape index (κ2) is 52.1. The molecule has 0 aliphatic carbocycles. The number of ether oxygens (including phenoxy) is 10. The highest BCUT2D eigenvalue weighted by atomic mass is 19.1. The van der Waals surface area contributed by atoms with E-state index in [2.05, 4.69) is 51.9 Å². The first-order valence-corrected chi connectivity index (χ1v) is 52.6. The molecule has 6 N–H and O–H groups in total. The van der Waals surface area contributed by atoms with Gasteiger partial charge in [-0.3, -0.25) is 57.4 Å². The predicted octanol–water partition coefficient (Wildman–Crippen LogP) is 15.5. The third-order valence-electron chi connectivity index (χ3n) is 34.1. The topological polar surface area (TPSA) is 452 Å². The van der Waals surface area contributed by atoms with Crippen LogP contribution in [0.5, 0.6) is 0 Å². The first kappa shape index (κ1) is 129. The number of likely N-dealkylation sites (N-methyl/N-ethyl adjacent to an activating group) is 1. The molecule has 0 saturated carbocycles. The molecule has 6 fully saturated rings. The molecule has 2 amide bonds. The highest BCUT2D eigenvalue weighted by Crippen LogP contribution is 2.52. The van der Waals surface area contributed by atoms with Crippen molar-refractivity contribution in [1.82, 2.24) is 14.8 Å². The van der Waals surface area contributed by atoms with Gasteiger partial charge >= 0.3 is 36.1 Å². The van der Waals surface area contributed by atoms with Gasteiger partial charge in [-0.2, -0.15) is 0 Å². The smallest absolute Gasteiger partial charge is 0.425 e. The number of Topliss-reactive ketones (excluding diaryl/α,β-unsaturated/α-hetero) is 5. The van der Waals surface area contributed by atoms with Crippen LogP contribution < -0.4 is 5.84 Å². The molecule has 6 saturated heterocycles. The summed E-state index contributed by atoms with van der Waals surface area (Å²) in [6.45, 7) is 68.0. The van der Waals surface area contributed by atoms with Crippen LogP contribution in [0.15, 0.2) is 15.3 Å². The molecule has 36 atom stereocenters. The van der Waals surface area contributed by atoms with Gasteiger partial charge in [-0.15, -0.1) is 0 Å². The number of aliphatic hydroxyl groups excluding tert-OH is 2. The van der Waals surface area contributed by atoms with Crippen molar-refractivity contribution in [1.29, 1.82) is 0 Å². The molecule has 0 aromatic heterocycles. The van der Waals surface area contributed by atoms with Gasteiger partial charge in [0.05, 0.1) is 65.3 Å². The van der Waals surface area contributed by atoms with Crippen LogP contribution in [0.25, 0.3) is 0 Å². The number of nitrogens with zero attached hydrogens (tertiary/aromatic N) is 6. The fraction of sp³-hybridized carbons (Fsp3) is 0.872. The number of alkyl halides is 1. The lowest BCUT2D eigenvalue weighted by Gasteiger charge is -2.49. The van der Waals surface area contributed by atoms with E-state index in [9.17, 15) is 77.6 Å². The van der Waals surface area contributed by atoms with E-state index in [0.717, 1.165) is 10.7 Å². The number of hydrazine groups is 1. The summed E-state index contributed by atoms with van der Waals surface area (Å²) in [5.74, 6) is -7.66. The van der Waals surface area contributed by atoms with Gasteiger partial charge in [0.2, 0.25) is 0 Å². The van der Waals surface area contributed by atoms with Crippen molar-refractivity contribution >= 4 is 82.1 Å². The van der Waals surface area contributed by atoms with Gasteiger partial charge in [0.15, 0.2) is 11.2 Å². The number of esters is 4. The number of hydrogen-bond acceptors (Lipinski definition) is 32. The van der Waals surface area contributed by atoms with E-state index in [4.69, 9.17) is 67.9 Å². The monoisotopic (exact) mass is 2050 g/mol. The number of aliphatic hydroxyl groups is 4. The second-order valence-corrected chi connectivity index (χ2v) is 47.1. The summed E-state index contributed by atoms with van der Waals surface area (Å²) in [5.41, 5.74) is -7.68. The number of oxime groups is 2. The Hall–Kier alpha value is -7.09. The Morgan fingerprint density at radius 2 is 0.750 bits per heavy atom. The molecule has 0 aromatic rings. The van der Waals surface area contributed by atoms with Crippen LogP contribution in [0.1, 0.15) is 307 Å². The maximum Gasteiger partial charge on any atom is 0.425 e. The van der Waals surface area contributed by atoms with Crippen molar-refractivity contribution in [2.45, 2.75) is 401 Å². The minimum absolute atomic E-state index is 0.0370. The van der Waals surface area contributed by atoms with Crippen LogP contribution in [-0.4, -0.2) is 293 Å².